The Labute approximate surface area is 109 Å². The zero-order valence-corrected chi connectivity index (χ0v) is 11.0. The van der Waals surface area contributed by atoms with Gasteiger partial charge in [0.05, 0.1) is 7.11 Å². The highest BCUT2D eigenvalue weighted by Crippen LogP contribution is 2.29. The Morgan fingerprint density at radius 3 is 2.47 bits per heavy atom. The van der Waals surface area contributed by atoms with Crippen LogP contribution in [0.5, 0.6) is 17.4 Å². The van der Waals surface area contributed by atoms with Crippen LogP contribution >= 0.6 is 15.9 Å². The Kier molecular flexibility index (Phi) is 3.98. The molecule has 88 valence electrons. The SMILES string of the molecule is COc1ccccc1Oc1ccc(CBr)cn1. The molecule has 0 N–H and O–H groups in total. The molecule has 0 bridgehead atoms. The zero-order valence-electron chi connectivity index (χ0n) is 9.39. The fourth-order valence-electron chi connectivity index (χ4n) is 1.37. The first-order valence-electron chi connectivity index (χ1n) is 5.15. The Morgan fingerprint density at radius 1 is 1.12 bits per heavy atom. The molecule has 1 aromatic heterocycles. The van der Waals surface area contributed by atoms with E-state index in [-0.39, 0.29) is 0 Å². The predicted molar refractivity (Wildman–Crippen MR) is 69.9 cm³/mol. The average Bonchev–Trinajstić information content (AvgIpc) is 2.40. The number of ether oxygens (including phenoxy) is 2. The maximum Gasteiger partial charge on any atom is 0.219 e. The maximum atomic E-state index is 5.65. The molecule has 2 aromatic rings. The molecule has 0 spiro atoms. The summed E-state index contributed by atoms with van der Waals surface area (Å²) in [6.45, 7) is 0. The van der Waals surface area contributed by atoms with Gasteiger partial charge in [-0.2, -0.15) is 0 Å². The number of hydrogen-bond donors (Lipinski definition) is 0. The second-order valence-electron chi connectivity index (χ2n) is 3.39. The molecule has 0 radical (unpaired) electrons. The molecule has 0 aliphatic heterocycles. The van der Waals surface area contributed by atoms with E-state index in [9.17, 15) is 0 Å². The van der Waals surface area contributed by atoms with Gasteiger partial charge in [-0.25, -0.2) is 4.98 Å². The van der Waals surface area contributed by atoms with Crippen molar-refractivity contribution in [2.24, 2.45) is 0 Å². The first kappa shape index (κ1) is 11.9. The van der Waals surface area contributed by atoms with Gasteiger partial charge in [0.15, 0.2) is 11.5 Å². The van der Waals surface area contributed by atoms with Crippen LogP contribution in [-0.2, 0) is 5.33 Å². The third kappa shape index (κ3) is 2.97. The van der Waals surface area contributed by atoms with Gasteiger partial charge in [-0.3, -0.25) is 0 Å². The van der Waals surface area contributed by atoms with Gasteiger partial charge < -0.3 is 9.47 Å². The Morgan fingerprint density at radius 2 is 1.88 bits per heavy atom. The van der Waals surface area contributed by atoms with Crippen molar-refractivity contribution in [3.63, 3.8) is 0 Å². The standard InChI is InChI=1S/C13H12BrNO2/c1-16-11-4-2-3-5-12(11)17-13-7-6-10(8-14)9-15-13/h2-7,9H,8H2,1H3. The Hall–Kier alpha value is -1.55. The van der Waals surface area contributed by atoms with E-state index in [1.165, 1.54) is 0 Å². The number of para-hydroxylation sites is 2. The number of aromatic nitrogens is 1. The molecule has 4 heteroatoms. The van der Waals surface area contributed by atoms with Crippen molar-refractivity contribution >= 4 is 15.9 Å². The van der Waals surface area contributed by atoms with Gasteiger partial charge >= 0.3 is 0 Å². The molecule has 1 heterocycles. The number of hydrogen-bond acceptors (Lipinski definition) is 3. The molecule has 0 atom stereocenters. The van der Waals surface area contributed by atoms with Gasteiger partial charge in [0, 0.05) is 17.6 Å². The molecule has 0 amide bonds. The minimum absolute atomic E-state index is 0.555. The Bertz CT molecular complexity index is 485. The third-order valence-electron chi connectivity index (χ3n) is 2.24. The summed E-state index contributed by atoms with van der Waals surface area (Å²) < 4.78 is 10.9. The number of rotatable bonds is 4. The summed E-state index contributed by atoms with van der Waals surface area (Å²) in [6, 6.07) is 11.3. The van der Waals surface area contributed by atoms with E-state index in [2.05, 4.69) is 20.9 Å². The molecule has 0 unspecified atom stereocenters. The van der Waals surface area contributed by atoms with E-state index in [1.807, 2.05) is 36.4 Å². The van der Waals surface area contributed by atoms with Crippen molar-refractivity contribution in [1.29, 1.82) is 0 Å². The molecule has 3 nitrogen and oxygen atoms in total. The van der Waals surface area contributed by atoms with E-state index < -0.39 is 0 Å². The number of halogens is 1. The molecular weight excluding hydrogens is 282 g/mol. The molecule has 0 saturated heterocycles. The summed E-state index contributed by atoms with van der Waals surface area (Å²) in [5.74, 6) is 1.91. The van der Waals surface area contributed by atoms with Crippen molar-refractivity contribution < 1.29 is 9.47 Å². The number of nitrogens with zero attached hydrogens (tertiary/aromatic N) is 1. The minimum atomic E-state index is 0.555. The first-order valence-corrected chi connectivity index (χ1v) is 6.27. The second kappa shape index (κ2) is 5.68. The lowest BCUT2D eigenvalue weighted by Gasteiger charge is -2.09. The van der Waals surface area contributed by atoms with Crippen LogP contribution < -0.4 is 9.47 Å². The highest BCUT2D eigenvalue weighted by molar-refractivity contribution is 9.08. The number of benzene rings is 1. The van der Waals surface area contributed by atoms with Crippen LogP contribution in [0.1, 0.15) is 5.56 Å². The van der Waals surface area contributed by atoms with E-state index in [0.717, 1.165) is 10.9 Å². The van der Waals surface area contributed by atoms with Gasteiger partial charge in [0.2, 0.25) is 5.88 Å². The molecule has 0 aliphatic carbocycles. The number of pyridine rings is 1. The lowest BCUT2D eigenvalue weighted by Crippen LogP contribution is -1.92. The highest BCUT2D eigenvalue weighted by atomic mass is 79.9. The van der Waals surface area contributed by atoms with Crippen molar-refractivity contribution in [3.05, 3.63) is 48.2 Å². The topological polar surface area (TPSA) is 31.4 Å². The second-order valence-corrected chi connectivity index (χ2v) is 3.95. The van der Waals surface area contributed by atoms with Crippen LogP contribution in [0, 0.1) is 0 Å². The van der Waals surface area contributed by atoms with Gasteiger partial charge in [-0.05, 0) is 17.7 Å². The molecule has 0 aliphatic rings. The summed E-state index contributed by atoms with van der Waals surface area (Å²) in [4.78, 5) is 4.21. The average molecular weight is 294 g/mol. The molecule has 17 heavy (non-hydrogen) atoms. The fourth-order valence-corrected chi connectivity index (χ4v) is 1.70. The molecule has 0 fully saturated rings. The van der Waals surface area contributed by atoms with E-state index in [4.69, 9.17) is 9.47 Å². The number of methoxy groups -OCH3 is 1. The predicted octanol–water partition coefficient (Wildman–Crippen LogP) is 3.78. The van der Waals surface area contributed by atoms with Crippen molar-refractivity contribution in [3.8, 4) is 17.4 Å². The van der Waals surface area contributed by atoms with Crippen LogP contribution in [0.25, 0.3) is 0 Å². The van der Waals surface area contributed by atoms with Gasteiger partial charge in [0.1, 0.15) is 0 Å². The molecule has 2 rings (SSSR count). The largest absolute Gasteiger partial charge is 0.493 e. The first-order chi connectivity index (χ1) is 8.33. The Balaban J connectivity index is 2.19. The van der Waals surface area contributed by atoms with Crippen molar-refractivity contribution in [2.45, 2.75) is 5.33 Å². The summed E-state index contributed by atoms with van der Waals surface area (Å²) >= 11 is 3.37. The fraction of sp³-hybridized carbons (Fsp3) is 0.154. The monoisotopic (exact) mass is 293 g/mol. The van der Waals surface area contributed by atoms with Crippen LogP contribution in [0.2, 0.25) is 0 Å². The van der Waals surface area contributed by atoms with Crippen LogP contribution in [0.4, 0.5) is 0 Å². The van der Waals surface area contributed by atoms with Gasteiger partial charge in [-0.15, -0.1) is 0 Å². The third-order valence-corrected chi connectivity index (χ3v) is 2.88. The summed E-state index contributed by atoms with van der Waals surface area (Å²) in [5.41, 5.74) is 1.11. The van der Waals surface area contributed by atoms with Gasteiger partial charge in [0.25, 0.3) is 0 Å². The lowest BCUT2D eigenvalue weighted by atomic mass is 10.3. The summed E-state index contributed by atoms with van der Waals surface area (Å²) in [6.07, 6.45) is 1.78. The zero-order chi connectivity index (χ0) is 12.1. The smallest absolute Gasteiger partial charge is 0.219 e. The van der Waals surface area contributed by atoms with Crippen molar-refractivity contribution in [1.82, 2.24) is 4.98 Å². The van der Waals surface area contributed by atoms with Gasteiger partial charge in [-0.1, -0.05) is 34.1 Å². The molecular formula is C13H12BrNO2. The minimum Gasteiger partial charge on any atom is -0.493 e. The summed E-state index contributed by atoms with van der Waals surface area (Å²) in [7, 11) is 1.61. The highest BCUT2D eigenvalue weighted by Gasteiger charge is 2.04. The maximum absolute atomic E-state index is 5.65. The summed E-state index contributed by atoms with van der Waals surface area (Å²) in [5, 5.41) is 0.787. The number of alkyl halides is 1. The van der Waals surface area contributed by atoms with E-state index >= 15 is 0 Å². The lowest BCUT2D eigenvalue weighted by molar-refractivity contribution is 0.374. The van der Waals surface area contributed by atoms with Crippen LogP contribution in [0.15, 0.2) is 42.6 Å². The van der Waals surface area contributed by atoms with E-state index in [1.54, 1.807) is 13.3 Å². The van der Waals surface area contributed by atoms with E-state index in [0.29, 0.717) is 17.4 Å². The molecule has 0 saturated carbocycles. The normalized spacial score (nSPS) is 10.0. The van der Waals surface area contributed by atoms with Crippen molar-refractivity contribution in [2.75, 3.05) is 7.11 Å². The van der Waals surface area contributed by atoms with Crippen LogP contribution in [-0.4, -0.2) is 12.1 Å². The quantitative estimate of drug-likeness (QED) is 0.804. The molecule has 1 aromatic carbocycles. The van der Waals surface area contributed by atoms with Crippen LogP contribution in [0.3, 0.4) is 0 Å².